The Kier molecular flexibility index (Phi) is 2.74. The summed E-state index contributed by atoms with van der Waals surface area (Å²) in [6.07, 6.45) is 4.26. The standard InChI is InChI=1S/C13H20N4/c1-9-5-12(14)16-13(15-9)8-17-6-10-3-2-4-11(10)7-17/h5,10-11H,2-4,6-8H2,1H3,(H2,14,15,16). The van der Waals surface area contributed by atoms with Gasteiger partial charge in [0.25, 0.3) is 0 Å². The van der Waals surface area contributed by atoms with Crippen LogP contribution in [0.4, 0.5) is 5.82 Å². The first-order valence-electron chi connectivity index (χ1n) is 6.53. The van der Waals surface area contributed by atoms with E-state index in [1.165, 1.54) is 32.4 Å². The second kappa shape index (κ2) is 4.26. The highest BCUT2D eigenvalue weighted by molar-refractivity contribution is 5.29. The van der Waals surface area contributed by atoms with Crippen molar-refractivity contribution in [2.75, 3.05) is 18.8 Å². The van der Waals surface area contributed by atoms with E-state index in [1.54, 1.807) is 0 Å². The molecule has 2 heterocycles. The Morgan fingerprint density at radius 1 is 1.29 bits per heavy atom. The fourth-order valence-corrected chi connectivity index (χ4v) is 3.39. The molecule has 3 rings (SSSR count). The van der Waals surface area contributed by atoms with Crippen LogP contribution in [0.5, 0.6) is 0 Å². The van der Waals surface area contributed by atoms with Crippen LogP contribution in [0.2, 0.25) is 0 Å². The smallest absolute Gasteiger partial charge is 0.144 e. The molecular weight excluding hydrogens is 212 g/mol. The molecule has 4 heteroatoms. The van der Waals surface area contributed by atoms with E-state index in [0.717, 1.165) is 29.9 Å². The van der Waals surface area contributed by atoms with Crippen molar-refractivity contribution in [3.8, 4) is 0 Å². The molecule has 0 amide bonds. The molecule has 1 saturated heterocycles. The van der Waals surface area contributed by atoms with Gasteiger partial charge < -0.3 is 5.73 Å². The first-order valence-corrected chi connectivity index (χ1v) is 6.53. The number of rotatable bonds is 2. The zero-order valence-corrected chi connectivity index (χ0v) is 10.4. The van der Waals surface area contributed by atoms with Crippen molar-refractivity contribution in [3.05, 3.63) is 17.6 Å². The monoisotopic (exact) mass is 232 g/mol. The highest BCUT2D eigenvalue weighted by atomic mass is 15.2. The van der Waals surface area contributed by atoms with E-state index in [2.05, 4.69) is 14.9 Å². The van der Waals surface area contributed by atoms with Gasteiger partial charge in [0.15, 0.2) is 0 Å². The van der Waals surface area contributed by atoms with E-state index >= 15 is 0 Å². The number of fused-ring (bicyclic) bond motifs is 1. The van der Waals surface area contributed by atoms with Gasteiger partial charge in [0, 0.05) is 24.8 Å². The van der Waals surface area contributed by atoms with Crippen molar-refractivity contribution in [3.63, 3.8) is 0 Å². The number of hydrogen-bond acceptors (Lipinski definition) is 4. The van der Waals surface area contributed by atoms with Crippen molar-refractivity contribution < 1.29 is 0 Å². The summed E-state index contributed by atoms with van der Waals surface area (Å²) in [5.74, 6) is 3.32. The van der Waals surface area contributed by atoms with Gasteiger partial charge in [0.1, 0.15) is 11.6 Å². The molecule has 1 aromatic heterocycles. The fraction of sp³-hybridized carbons (Fsp3) is 0.692. The predicted octanol–water partition coefficient (Wildman–Crippen LogP) is 1.60. The lowest BCUT2D eigenvalue weighted by molar-refractivity contribution is 0.296. The third-order valence-corrected chi connectivity index (χ3v) is 4.09. The summed E-state index contributed by atoms with van der Waals surface area (Å²) in [5.41, 5.74) is 6.72. The Morgan fingerprint density at radius 3 is 2.65 bits per heavy atom. The minimum absolute atomic E-state index is 0.590. The van der Waals surface area contributed by atoms with Crippen LogP contribution in [0, 0.1) is 18.8 Å². The fourth-order valence-electron chi connectivity index (χ4n) is 3.39. The molecule has 1 aliphatic heterocycles. The molecule has 1 aromatic rings. The van der Waals surface area contributed by atoms with E-state index in [4.69, 9.17) is 5.73 Å². The van der Waals surface area contributed by atoms with E-state index in [1.807, 2.05) is 13.0 Å². The molecule has 0 radical (unpaired) electrons. The second-order valence-corrected chi connectivity index (χ2v) is 5.50. The maximum atomic E-state index is 5.76. The van der Waals surface area contributed by atoms with E-state index in [-0.39, 0.29) is 0 Å². The first kappa shape index (κ1) is 11.0. The van der Waals surface area contributed by atoms with Gasteiger partial charge in [0.2, 0.25) is 0 Å². The lowest BCUT2D eigenvalue weighted by Crippen LogP contribution is -2.22. The van der Waals surface area contributed by atoms with Gasteiger partial charge in [-0.15, -0.1) is 0 Å². The molecule has 1 aliphatic carbocycles. The van der Waals surface area contributed by atoms with E-state index < -0.39 is 0 Å². The van der Waals surface area contributed by atoms with Gasteiger partial charge in [0.05, 0.1) is 6.54 Å². The number of nitrogens with zero attached hydrogens (tertiary/aromatic N) is 3. The minimum atomic E-state index is 0.590. The van der Waals surface area contributed by atoms with Crippen molar-refractivity contribution in [2.45, 2.75) is 32.7 Å². The third-order valence-electron chi connectivity index (χ3n) is 4.09. The van der Waals surface area contributed by atoms with Gasteiger partial charge in [-0.2, -0.15) is 0 Å². The Hall–Kier alpha value is -1.16. The van der Waals surface area contributed by atoms with Crippen LogP contribution in [0.3, 0.4) is 0 Å². The van der Waals surface area contributed by atoms with Gasteiger partial charge in [-0.3, -0.25) is 4.90 Å². The maximum absolute atomic E-state index is 5.76. The number of aromatic nitrogens is 2. The van der Waals surface area contributed by atoms with Gasteiger partial charge in [-0.05, 0) is 31.6 Å². The van der Waals surface area contributed by atoms with Crippen LogP contribution in [0.1, 0.15) is 30.8 Å². The first-order chi connectivity index (χ1) is 8.20. The highest BCUT2D eigenvalue weighted by Gasteiger charge is 2.36. The number of anilines is 1. The van der Waals surface area contributed by atoms with Crippen molar-refractivity contribution in [2.24, 2.45) is 11.8 Å². The summed E-state index contributed by atoms with van der Waals surface area (Å²) in [5, 5.41) is 0. The average Bonchev–Trinajstić information content (AvgIpc) is 2.75. The predicted molar refractivity (Wildman–Crippen MR) is 67.3 cm³/mol. The van der Waals surface area contributed by atoms with Crippen molar-refractivity contribution in [1.82, 2.24) is 14.9 Å². The molecule has 2 aliphatic rings. The molecule has 17 heavy (non-hydrogen) atoms. The summed E-state index contributed by atoms with van der Waals surface area (Å²) >= 11 is 0. The van der Waals surface area contributed by atoms with Crippen LogP contribution in [0.25, 0.3) is 0 Å². The van der Waals surface area contributed by atoms with E-state index in [9.17, 15) is 0 Å². The quantitative estimate of drug-likeness (QED) is 0.841. The molecule has 1 saturated carbocycles. The summed E-state index contributed by atoms with van der Waals surface area (Å²) in [6, 6.07) is 1.82. The number of nitrogen functional groups attached to an aromatic ring is 1. The van der Waals surface area contributed by atoms with Gasteiger partial charge >= 0.3 is 0 Å². The number of hydrogen-bond donors (Lipinski definition) is 1. The molecule has 0 aromatic carbocycles. The second-order valence-electron chi connectivity index (χ2n) is 5.50. The number of likely N-dealkylation sites (tertiary alicyclic amines) is 1. The molecule has 0 spiro atoms. The van der Waals surface area contributed by atoms with Crippen LogP contribution in [0.15, 0.2) is 6.07 Å². The molecule has 0 bridgehead atoms. The Balaban J connectivity index is 1.67. The zero-order valence-electron chi connectivity index (χ0n) is 10.4. The molecular formula is C13H20N4. The summed E-state index contributed by atoms with van der Waals surface area (Å²) in [7, 11) is 0. The number of aryl methyl sites for hydroxylation is 1. The van der Waals surface area contributed by atoms with Crippen LogP contribution in [-0.2, 0) is 6.54 Å². The van der Waals surface area contributed by atoms with Crippen LogP contribution >= 0.6 is 0 Å². The molecule has 2 fully saturated rings. The molecule has 92 valence electrons. The highest BCUT2D eigenvalue weighted by Crippen LogP contribution is 2.37. The Bertz CT molecular complexity index is 386. The Morgan fingerprint density at radius 2 is 2.00 bits per heavy atom. The minimum Gasteiger partial charge on any atom is -0.384 e. The van der Waals surface area contributed by atoms with Crippen LogP contribution in [-0.4, -0.2) is 28.0 Å². The number of nitrogens with two attached hydrogens (primary N) is 1. The topological polar surface area (TPSA) is 55.0 Å². The average molecular weight is 232 g/mol. The third kappa shape index (κ3) is 2.27. The molecule has 4 nitrogen and oxygen atoms in total. The molecule has 2 atom stereocenters. The summed E-state index contributed by atoms with van der Waals surface area (Å²) in [4.78, 5) is 11.3. The van der Waals surface area contributed by atoms with Crippen molar-refractivity contribution >= 4 is 5.82 Å². The van der Waals surface area contributed by atoms with Gasteiger partial charge in [-0.25, -0.2) is 9.97 Å². The lowest BCUT2D eigenvalue weighted by atomic mass is 10.0. The van der Waals surface area contributed by atoms with Gasteiger partial charge in [-0.1, -0.05) is 6.42 Å². The van der Waals surface area contributed by atoms with Crippen molar-refractivity contribution in [1.29, 1.82) is 0 Å². The summed E-state index contributed by atoms with van der Waals surface area (Å²) in [6.45, 7) is 5.28. The SMILES string of the molecule is Cc1cc(N)nc(CN2CC3CCCC3C2)n1. The normalized spacial score (nSPS) is 28.5. The Labute approximate surface area is 102 Å². The zero-order chi connectivity index (χ0) is 11.8. The van der Waals surface area contributed by atoms with E-state index in [0.29, 0.717) is 5.82 Å². The maximum Gasteiger partial charge on any atom is 0.144 e. The summed E-state index contributed by atoms with van der Waals surface area (Å²) < 4.78 is 0. The molecule has 2 unspecified atom stereocenters. The lowest BCUT2D eigenvalue weighted by Gasteiger charge is -2.15. The molecule has 2 N–H and O–H groups in total. The van der Waals surface area contributed by atoms with Crippen LogP contribution < -0.4 is 5.73 Å². The largest absolute Gasteiger partial charge is 0.384 e.